The van der Waals surface area contributed by atoms with E-state index < -0.39 is 10.0 Å². The number of hydrogen-bond donors (Lipinski definition) is 2. The zero-order chi connectivity index (χ0) is 14.8. The molecule has 2 rings (SSSR count). The maximum atomic E-state index is 12.2. The molecule has 106 valence electrons. The van der Waals surface area contributed by atoms with Crippen LogP contribution in [0.3, 0.4) is 0 Å². The van der Waals surface area contributed by atoms with Gasteiger partial charge in [0, 0.05) is 23.5 Å². The Morgan fingerprint density at radius 3 is 2.65 bits per heavy atom. The predicted octanol–water partition coefficient (Wildman–Crippen LogP) is 2.30. The normalized spacial score (nSPS) is 11.3. The molecule has 0 aliphatic rings. The summed E-state index contributed by atoms with van der Waals surface area (Å²) in [5, 5.41) is 0.335. The van der Waals surface area contributed by atoms with Gasteiger partial charge in [-0.1, -0.05) is 17.7 Å². The molecule has 0 atom stereocenters. The van der Waals surface area contributed by atoms with Crippen LogP contribution in [0, 0.1) is 6.92 Å². The minimum Gasteiger partial charge on any atom is -0.326 e. The molecule has 1 aromatic heterocycles. The molecule has 0 radical (unpaired) electrons. The van der Waals surface area contributed by atoms with Gasteiger partial charge in [-0.3, -0.25) is 9.71 Å². The lowest BCUT2D eigenvalue weighted by Crippen LogP contribution is -2.13. The van der Waals surface area contributed by atoms with Crippen molar-refractivity contribution in [2.75, 3.05) is 4.72 Å². The molecule has 0 aliphatic carbocycles. The third-order valence-corrected chi connectivity index (χ3v) is 4.43. The molecule has 5 nitrogen and oxygen atoms in total. The Morgan fingerprint density at radius 1 is 1.30 bits per heavy atom. The molecule has 0 amide bonds. The molecular formula is C13H14ClN3O2S. The van der Waals surface area contributed by atoms with Crippen LogP contribution in [0.4, 0.5) is 5.69 Å². The van der Waals surface area contributed by atoms with Gasteiger partial charge >= 0.3 is 0 Å². The second-order valence-electron chi connectivity index (χ2n) is 4.25. The fourth-order valence-corrected chi connectivity index (χ4v) is 3.08. The van der Waals surface area contributed by atoms with Crippen LogP contribution in [0.2, 0.25) is 5.02 Å². The minimum atomic E-state index is -3.68. The van der Waals surface area contributed by atoms with Gasteiger partial charge in [0.05, 0.1) is 10.6 Å². The Hall–Kier alpha value is -1.63. The average Bonchev–Trinajstić information content (AvgIpc) is 2.38. The number of aryl methyl sites for hydroxylation is 1. The number of nitrogens with zero attached hydrogens (tertiary/aromatic N) is 1. The summed E-state index contributed by atoms with van der Waals surface area (Å²) in [7, 11) is -3.68. The highest BCUT2D eigenvalue weighted by atomic mass is 35.5. The van der Waals surface area contributed by atoms with Crippen LogP contribution in [-0.2, 0) is 16.6 Å². The first kappa shape index (κ1) is 14.8. The van der Waals surface area contributed by atoms with Crippen LogP contribution in [0.5, 0.6) is 0 Å². The zero-order valence-electron chi connectivity index (χ0n) is 10.8. The molecule has 7 heteroatoms. The highest BCUT2D eigenvalue weighted by molar-refractivity contribution is 7.92. The van der Waals surface area contributed by atoms with Gasteiger partial charge in [-0.2, -0.15) is 0 Å². The second-order valence-corrected chi connectivity index (χ2v) is 6.34. The molecule has 3 N–H and O–H groups in total. The molecule has 0 aliphatic heterocycles. The summed E-state index contributed by atoms with van der Waals surface area (Å²) in [6.07, 6.45) is 1.54. The van der Waals surface area contributed by atoms with Crippen molar-refractivity contribution in [1.29, 1.82) is 0 Å². The van der Waals surface area contributed by atoms with Gasteiger partial charge in [0.2, 0.25) is 0 Å². The molecule has 0 spiro atoms. The average molecular weight is 312 g/mol. The van der Waals surface area contributed by atoms with E-state index in [4.69, 9.17) is 17.3 Å². The van der Waals surface area contributed by atoms with E-state index in [0.29, 0.717) is 16.3 Å². The Balaban J connectivity index is 2.33. The summed E-state index contributed by atoms with van der Waals surface area (Å²) in [5.74, 6) is 0. The zero-order valence-corrected chi connectivity index (χ0v) is 12.4. The monoisotopic (exact) mass is 311 g/mol. The van der Waals surface area contributed by atoms with Crippen molar-refractivity contribution >= 4 is 27.3 Å². The number of aromatic nitrogens is 1. The molecule has 1 aromatic carbocycles. The van der Waals surface area contributed by atoms with Gasteiger partial charge in [0.15, 0.2) is 0 Å². The largest absolute Gasteiger partial charge is 0.326 e. The van der Waals surface area contributed by atoms with Crippen molar-refractivity contribution in [3.63, 3.8) is 0 Å². The number of nitrogens with one attached hydrogen (secondary N) is 1. The van der Waals surface area contributed by atoms with Gasteiger partial charge < -0.3 is 5.73 Å². The van der Waals surface area contributed by atoms with E-state index in [9.17, 15) is 8.42 Å². The third kappa shape index (κ3) is 3.27. The molecule has 0 fully saturated rings. The summed E-state index contributed by atoms with van der Waals surface area (Å²) in [6.45, 7) is 2.04. The van der Waals surface area contributed by atoms with Crippen LogP contribution < -0.4 is 10.5 Å². The van der Waals surface area contributed by atoms with Crippen molar-refractivity contribution in [3.05, 3.63) is 52.8 Å². The number of halogens is 1. The third-order valence-electron chi connectivity index (χ3n) is 2.70. The molecule has 1 heterocycles. The topological polar surface area (TPSA) is 85.1 Å². The van der Waals surface area contributed by atoms with Gasteiger partial charge in [-0.05, 0) is 36.8 Å². The number of rotatable bonds is 4. The maximum Gasteiger partial charge on any atom is 0.261 e. The molecule has 20 heavy (non-hydrogen) atoms. The summed E-state index contributed by atoms with van der Waals surface area (Å²) in [4.78, 5) is 4.10. The van der Waals surface area contributed by atoms with E-state index >= 15 is 0 Å². The van der Waals surface area contributed by atoms with Gasteiger partial charge in [-0.15, -0.1) is 0 Å². The quantitative estimate of drug-likeness (QED) is 0.907. The lowest BCUT2D eigenvalue weighted by Gasteiger charge is -2.10. The number of sulfonamides is 1. The van der Waals surface area contributed by atoms with Crippen molar-refractivity contribution in [2.45, 2.75) is 18.4 Å². The lowest BCUT2D eigenvalue weighted by molar-refractivity contribution is 0.601. The Kier molecular flexibility index (Phi) is 4.27. The number of pyridine rings is 1. The minimum absolute atomic E-state index is 0.0918. The van der Waals surface area contributed by atoms with Crippen LogP contribution in [-0.4, -0.2) is 13.4 Å². The summed E-state index contributed by atoms with van der Waals surface area (Å²) >= 11 is 5.98. The van der Waals surface area contributed by atoms with Crippen molar-refractivity contribution in [1.82, 2.24) is 4.98 Å². The Bertz CT molecular complexity index is 732. The van der Waals surface area contributed by atoms with E-state index in [0.717, 1.165) is 5.69 Å². The van der Waals surface area contributed by atoms with Crippen molar-refractivity contribution in [3.8, 4) is 0 Å². The van der Waals surface area contributed by atoms with E-state index in [1.54, 1.807) is 25.1 Å². The summed E-state index contributed by atoms with van der Waals surface area (Å²) < 4.78 is 27.0. The van der Waals surface area contributed by atoms with Gasteiger partial charge in [0.1, 0.15) is 0 Å². The van der Waals surface area contributed by atoms with E-state index in [-0.39, 0.29) is 11.4 Å². The van der Waals surface area contributed by atoms with Crippen LogP contribution in [0.1, 0.15) is 11.3 Å². The fourth-order valence-electron chi connectivity index (χ4n) is 1.68. The lowest BCUT2D eigenvalue weighted by atomic mass is 10.2. The number of nitrogens with two attached hydrogens (primary N) is 1. The van der Waals surface area contributed by atoms with E-state index in [2.05, 4.69) is 9.71 Å². The summed E-state index contributed by atoms with van der Waals surface area (Å²) in [6, 6.07) is 7.70. The predicted molar refractivity (Wildman–Crippen MR) is 79.1 cm³/mol. The smallest absolute Gasteiger partial charge is 0.261 e. The van der Waals surface area contributed by atoms with Crippen LogP contribution in [0.15, 0.2) is 41.4 Å². The van der Waals surface area contributed by atoms with E-state index in [1.165, 1.54) is 18.3 Å². The SMILES string of the molecule is Cc1cc(NS(=O)(=O)c2ccc(CN)c(Cl)c2)ccn1. The van der Waals surface area contributed by atoms with Crippen molar-refractivity contribution < 1.29 is 8.42 Å². The fraction of sp³-hybridized carbons (Fsp3) is 0.154. The van der Waals surface area contributed by atoms with E-state index in [1.807, 2.05) is 0 Å². The Morgan fingerprint density at radius 2 is 2.05 bits per heavy atom. The molecule has 0 bridgehead atoms. The first-order valence-corrected chi connectivity index (χ1v) is 7.72. The first-order chi connectivity index (χ1) is 9.42. The van der Waals surface area contributed by atoms with Gasteiger partial charge in [-0.25, -0.2) is 8.42 Å². The molecular weight excluding hydrogens is 298 g/mol. The van der Waals surface area contributed by atoms with Gasteiger partial charge in [0.25, 0.3) is 10.0 Å². The van der Waals surface area contributed by atoms with Crippen LogP contribution >= 0.6 is 11.6 Å². The second kappa shape index (κ2) is 5.78. The Labute approximate surface area is 122 Å². The number of benzene rings is 1. The molecule has 0 saturated carbocycles. The standard InChI is InChI=1S/C13H14ClN3O2S/c1-9-6-11(4-5-16-9)17-20(18,19)12-3-2-10(8-15)13(14)7-12/h2-7H,8,15H2,1H3,(H,16,17). The maximum absolute atomic E-state index is 12.2. The first-order valence-electron chi connectivity index (χ1n) is 5.86. The van der Waals surface area contributed by atoms with Crippen LogP contribution in [0.25, 0.3) is 0 Å². The number of anilines is 1. The highest BCUT2D eigenvalue weighted by Crippen LogP contribution is 2.22. The molecule has 0 unspecified atom stereocenters. The highest BCUT2D eigenvalue weighted by Gasteiger charge is 2.15. The number of hydrogen-bond acceptors (Lipinski definition) is 4. The molecule has 0 saturated heterocycles. The molecule has 2 aromatic rings. The van der Waals surface area contributed by atoms with Crippen molar-refractivity contribution in [2.24, 2.45) is 5.73 Å². The summed E-state index contributed by atoms with van der Waals surface area (Å²) in [5.41, 5.74) is 7.37.